The number of aromatic amines is 1. The van der Waals surface area contributed by atoms with Crippen molar-refractivity contribution in [2.75, 3.05) is 0 Å². The summed E-state index contributed by atoms with van der Waals surface area (Å²) >= 11 is 5.87. The monoisotopic (exact) mass is 263 g/mol. The van der Waals surface area contributed by atoms with E-state index in [4.69, 9.17) is 11.6 Å². The summed E-state index contributed by atoms with van der Waals surface area (Å²) in [5, 5.41) is 10.1. The summed E-state index contributed by atoms with van der Waals surface area (Å²) in [4.78, 5) is 11.8. The van der Waals surface area contributed by atoms with Crippen LogP contribution in [0.2, 0.25) is 5.02 Å². The highest BCUT2D eigenvalue weighted by molar-refractivity contribution is 6.30. The molecule has 0 fully saturated rings. The molecule has 0 saturated heterocycles. The molecule has 0 aliphatic carbocycles. The highest BCUT2D eigenvalue weighted by Gasteiger charge is 2.10. The van der Waals surface area contributed by atoms with E-state index >= 15 is 0 Å². The number of nitrogens with one attached hydrogen (secondary N) is 2. The van der Waals surface area contributed by atoms with Gasteiger partial charge in [-0.05, 0) is 24.6 Å². The first-order valence-electron chi connectivity index (χ1n) is 5.67. The Bertz CT molecular complexity index is 525. The third-order valence-corrected chi connectivity index (χ3v) is 2.89. The van der Waals surface area contributed by atoms with Crippen LogP contribution in [0.4, 0.5) is 0 Å². The van der Waals surface area contributed by atoms with Crippen molar-refractivity contribution in [1.82, 2.24) is 15.5 Å². The summed E-state index contributed by atoms with van der Waals surface area (Å²) in [6, 6.07) is 7.24. The van der Waals surface area contributed by atoms with E-state index in [1.54, 1.807) is 24.5 Å². The molecule has 2 aromatic rings. The molecule has 0 bridgehead atoms. The molecule has 5 heteroatoms. The van der Waals surface area contributed by atoms with Crippen molar-refractivity contribution in [3.8, 4) is 0 Å². The Hall–Kier alpha value is -1.81. The average molecular weight is 264 g/mol. The standard InChI is InChI=1S/C13H14ClN3O/c1-9(11-7-15-16-8-11)17-13(18)6-10-3-2-4-12(14)5-10/h2-5,7-9H,6H2,1H3,(H,15,16)(H,17,18). The number of amides is 1. The summed E-state index contributed by atoms with van der Waals surface area (Å²) in [7, 11) is 0. The van der Waals surface area contributed by atoms with Gasteiger partial charge in [0.2, 0.25) is 5.91 Å². The Morgan fingerprint density at radius 2 is 2.39 bits per heavy atom. The van der Waals surface area contributed by atoms with Crippen LogP contribution < -0.4 is 5.32 Å². The number of H-pyrrole nitrogens is 1. The number of hydrogen-bond acceptors (Lipinski definition) is 2. The molecule has 1 heterocycles. The minimum absolute atomic E-state index is 0.0361. The van der Waals surface area contributed by atoms with Gasteiger partial charge in [0.25, 0.3) is 0 Å². The van der Waals surface area contributed by atoms with E-state index in [1.807, 2.05) is 19.1 Å². The van der Waals surface area contributed by atoms with Crippen molar-refractivity contribution >= 4 is 17.5 Å². The normalized spacial score (nSPS) is 12.1. The maximum atomic E-state index is 11.8. The van der Waals surface area contributed by atoms with Crippen molar-refractivity contribution in [2.45, 2.75) is 19.4 Å². The lowest BCUT2D eigenvalue weighted by molar-refractivity contribution is -0.121. The van der Waals surface area contributed by atoms with E-state index < -0.39 is 0 Å². The lowest BCUT2D eigenvalue weighted by atomic mass is 10.1. The van der Waals surface area contributed by atoms with Crippen LogP contribution in [0.3, 0.4) is 0 Å². The quantitative estimate of drug-likeness (QED) is 0.890. The lowest BCUT2D eigenvalue weighted by Gasteiger charge is -2.12. The fraction of sp³-hybridized carbons (Fsp3) is 0.231. The van der Waals surface area contributed by atoms with Crippen molar-refractivity contribution in [2.24, 2.45) is 0 Å². The van der Waals surface area contributed by atoms with Crippen molar-refractivity contribution in [3.05, 3.63) is 52.8 Å². The second-order valence-electron chi connectivity index (χ2n) is 4.13. The maximum absolute atomic E-state index is 11.8. The molecule has 2 N–H and O–H groups in total. The third-order valence-electron chi connectivity index (χ3n) is 2.65. The van der Waals surface area contributed by atoms with E-state index in [0.29, 0.717) is 11.4 Å². The number of rotatable bonds is 4. The first kappa shape index (κ1) is 12.6. The van der Waals surface area contributed by atoms with Crippen LogP contribution >= 0.6 is 11.6 Å². The fourth-order valence-electron chi connectivity index (χ4n) is 1.71. The van der Waals surface area contributed by atoms with Crippen molar-refractivity contribution in [3.63, 3.8) is 0 Å². The van der Waals surface area contributed by atoms with E-state index in [9.17, 15) is 4.79 Å². The number of halogens is 1. The molecule has 1 amide bonds. The van der Waals surface area contributed by atoms with Gasteiger partial charge in [-0.3, -0.25) is 9.89 Å². The number of benzene rings is 1. The Kier molecular flexibility index (Phi) is 3.99. The molecule has 1 atom stereocenters. The van der Waals surface area contributed by atoms with E-state index in [2.05, 4.69) is 15.5 Å². The van der Waals surface area contributed by atoms with Gasteiger partial charge in [-0.2, -0.15) is 5.10 Å². The highest BCUT2D eigenvalue weighted by Crippen LogP contribution is 2.12. The van der Waals surface area contributed by atoms with Gasteiger partial charge >= 0.3 is 0 Å². The molecule has 0 spiro atoms. The van der Waals surface area contributed by atoms with E-state index in [0.717, 1.165) is 11.1 Å². The van der Waals surface area contributed by atoms with E-state index in [-0.39, 0.29) is 11.9 Å². The second-order valence-corrected chi connectivity index (χ2v) is 4.56. The summed E-state index contributed by atoms with van der Waals surface area (Å²) in [6.45, 7) is 1.92. The molecule has 0 radical (unpaired) electrons. The number of nitrogens with zero attached hydrogens (tertiary/aromatic N) is 1. The molecular weight excluding hydrogens is 250 g/mol. The summed E-state index contributed by atoms with van der Waals surface area (Å²) in [5.74, 6) is -0.0361. The first-order valence-corrected chi connectivity index (χ1v) is 6.05. The van der Waals surface area contributed by atoms with Crippen LogP contribution in [-0.2, 0) is 11.2 Å². The Morgan fingerprint density at radius 3 is 3.06 bits per heavy atom. The largest absolute Gasteiger partial charge is 0.349 e. The molecule has 0 aliphatic heterocycles. The van der Waals surface area contributed by atoms with E-state index in [1.165, 1.54) is 0 Å². The van der Waals surface area contributed by atoms with Crippen molar-refractivity contribution in [1.29, 1.82) is 0 Å². The smallest absolute Gasteiger partial charge is 0.224 e. The number of aromatic nitrogens is 2. The Labute approximate surface area is 110 Å². The van der Waals surface area contributed by atoms with Crippen LogP contribution in [0.1, 0.15) is 24.1 Å². The Balaban J connectivity index is 1.93. The zero-order valence-corrected chi connectivity index (χ0v) is 10.7. The topological polar surface area (TPSA) is 57.8 Å². The van der Waals surface area contributed by atoms with Gasteiger partial charge < -0.3 is 5.32 Å². The Morgan fingerprint density at radius 1 is 1.56 bits per heavy atom. The molecule has 0 saturated carbocycles. The molecule has 4 nitrogen and oxygen atoms in total. The predicted octanol–water partition coefficient (Wildman–Crippen LogP) is 2.48. The van der Waals surface area contributed by atoms with Gasteiger partial charge in [-0.1, -0.05) is 23.7 Å². The molecular formula is C13H14ClN3O. The minimum Gasteiger partial charge on any atom is -0.349 e. The fourth-order valence-corrected chi connectivity index (χ4v) is 1.92. The zero-order valence-electron chi connectivity index (χ0n) is 9.98. The minimum atomic E-state index is -0.0598. The van der Waals surface area contributed by atoms with Crippen LogP contribution in [0.15, 0.2) is 36.7 Å². The predicted molar refractivity (Wildman–Crippen MR) is 70.3 cm³/mol. The molecule has 1 unspecified atom stereocenters. The molecule has 94 valence electrons. The summed E-state index contributed by atoms with van der Waals surface area (Å²) < 4.78 is 0. The van der Waals surface area contributed by atoms with Gasteiger partial charge in [-0.25, -0.2) is 0 Å². The molecule has 2 rings (SSSR count). The van der Waals surface area contributed by atoms with Crippen LogP contribution in [0.25, 0.3) is 0 Å². The summed E-state index contributed by atoms with van der Waals surface area (Å²) in [6.07, 6.45) is 3.79. The average Bonchev–Trinajstić information content (AvgIpc) is 2.81. The van der Waals surface area contributed by atoms with Crippen molar-refractivity contribution < 1.29 is 4.79 Å². The number of carbonyl (C=O) groups is 1. The molecule has 1 aromatic carbocycles. The molecule has 18 heavy (non-hydrogen) atoms. The number of carbonyl (C=O) groups excluding carboxylic acids is 1. The first-order chi connectivity index (χ1) is 8.65. The van der Waals surface area contributed by atoms with Crippen LogP contribution in [-0.4, -0.2) is 16.1 Å². The molecule has 0 aliphatic rings. The third kappa shape index (κ3) is 3.34. The van der Waals surface area contributed by atoms with Crippen LogP contribution in [0, 0.1) is 0 Å². The molecule has 1 aromatic heterocycles. The van der Waals surface area contributed by atoms with Gasteiger partial charge in [0, 0.05) is 16.8 Å². The van der Waals surface area contributed by atoms with Gasteiger partial charge in [0.05, 0.1) is 18.7 Å². The van der Waals surface area contributed by atoms with Crippen LogP contribution in [0.5, 0.6) is 0 Å². The van der Waals surface area contributed by atoms with Gasteiger partial charge in [-0.15, -0.1) is 0 Å². The zero-order chi connectivity index (χ0) is 13.0. The number of hydrogen-bond donors (Lipinski definition) is 2. The van der Waals surface area contributed by atoms with Gasteiger partial charge in [0.15, 0.2) is 0 Å². The maximum Gasteiger partial charge on any atom is 0.224 e. The SMILES string of the molecule is CC(NC(=O)Cc1cccc(Cl)c1)c1cn[nH]c1. The summed E-state index contributed by atoms with van der Waals surface area (Å²) in [5.41, 5.74) is 1.86. The lowest BCUT2D eigenvalue weighted by Crippen LogP contribution is -2.27. The van der Waals surface area contributed by atoms with Gasteiger partial charge in [0.1, 0.15) is 0 Å². The second kappa shape index (κ2) is 5.69. The highest BCUT2D eigenvalue weighted by atomic mass is 35.5.